The minimum Gasteiger partial charge on any atom is -0.368 e. The lowest BCUT2D eigenvalue weighted by molar-refractivity contribution is 0.600. The number of aromatic nitrogens is 3. The summed E-state index contributed by atoms with van der Waals surface area (Å²) in [5.74, 6) is 0.998. The second-order valence-electron chi connectivity index (χ2n) is 4.34. The van der Waals surface area contributed by atoms with Crippen molar-refractivity contribution in [1.29, 1.82) is 0 Å². The van der Waals surface area contributed by atoms with Crippen LogP contribution in [0.2, 0.25) is 0 Å². The highest BCUT2D eigenvalue weighted by atomic mass is 32.1. The summed E-state index contributed by atoms with van der Waals surface area (Å²) in [6.07, 6.45) is 1.79. The number of aryl methyl sites for hydroxylation is 1. The predicted octanol–water partition coefficient (Wildman–Crippen LogP) is 2.17. The second-order valence-corrected chi connectivity index (χ2v) is 5.23. The van der Waals surface area contributed by atoms with Gasteiger partial charge < -0.3 is 11.1 Å². The van der Waals surface area contributed by atoms with Gasteiger partial charge in [0, 0.05) is 23.3 Å². The van der Waals surface area contributed by atoms with Gasteiger partial charge in [-0.3, -0.25) is 0 Å². The lowest BCUT2D eigenvalue weighted by Crippen LogP contribution is -2.28. The molecule has 3 N–H and O–H groups in total. The molecular weight excluding hydrogens is 234 g/mol. The van der Waals surface area contributed by atoms with E-state index >= 15 is 0 Å². The molecule has 0 radical (unpaired) electrons. The molecule has 2 heterocycles. The first kappa shape index (κ1) is 11.8. The molecule has 5 nitrogen and oxygen atoms in total. The molecule has 0 bridgehead atoms. The SMILES string of the molecule is Cc1cc(NC(C)(C)c2nccs2)nc(N)n1. The topological polar surface area (TPSA) is 76.7 Å². The van der Waals surface area contributed by atoms with Crippen molar-refractivity contribution in [2.24, 2.45) is 0 Å². The Morgan fingerprint density at radius 3 is 2.71 bits per heavy atom. The van der Waals surface area contributed by atoms with Crippen LogP contribution >= 0.6 is 11.3 Å². The molecule has 6 heteroatoms. The molecule has 90 valence electrons. The van der Waals surface area contributed by atoms with Gasteiger partial charge in [-0.25, -0.2) is 9.97 Å². The number of rotatable bonds is 3. The number of hydrogen-bond acceptors (Lipinski definition) is 6. The van der Waals surface area contributed by atoms with E-state index in [1.807, 2.05) is 18.4 Å². The summed E-state index contributed by atoms with van der Waals surface area (Å²) in [5, 5.41) is 6.28. The third kappa shape index (κ3) is 2.71. The smallest absolute Gasteiger partial charge is 0.222 e. The molecule has 0 unspecified atom stereocenters. The molecule has 2 aromatic rings. The van der Waals surface area contributed by atoms with Crippen LogP contribution in [0.4, 0.5) is 11.8 Å². The number of thiazole rings is 1. The van der Waals surface area contributed by atoms with Crippen LogP contribution < -0.4 is 11.1 Å². The van der Waals surface area contributed by atoms with Gasteiger partial charge in [0.25, 0.3) is 0 Å². The molecule has 0 fully saturated rings. The quantitative estimate of drug-likeness (QED) is 0.871. The summed E-state index contributed by atoms with van der Waals surface area (Å²) in [5.41, 5.74) is 6.19. The van der Waals surface area contributed by atoms with Crippen molar-refractivity contribution in [3.05, 3.63) is 28.3 Å². The molecule has 0 aliphatic carbocycles. The summed E-state index contributed by atoms with van der Waals surface area (Å²) in [6, 6.07) is 1.87. The molecule has 0 aromatic carbocycles. The molecule has 2 rings (SSSR count). The van der Waals surface area contributed by atoms with E-state index in [2.05, 4.69) is 34.1 Å². The van der Waals surface area contributed by atoms with Crippen molar-refractivity contribution in [3.63, 3.8) is 0 Å². The maximum atomic E-state index is 5.62. The van der Waals surface area contributed by atoms with E-state index in [9.17, 15) is 0 Å². The fourth-order valence-corrected chi connectivity index (χ4v) is 2.28. The van der Waals surface area contributed by atoms with Crippen molar-refractivity contribution in [2.45, 2.75) is 26.3 Å². The molecule has 17 heavy (non-hydrogen) atoms. The number of nitrogen functional groups attached to an aromatic ring is 1. The number of hydrogen-bond donors (Lipinski definition) is 2. The van der Waals surface area contributed by atoms with Gasteiger partial charge in [0.05, 0.1) is 5.54 Å². The zero-order valence-electron chi connectivity index (χ0n) is 10.1. The van der Waals surface area contributed by atoms with Crippen LogP contribution in [0.1, 0.15) is 24.5 Å². The zero-order chi connectivity index (χ0) is 12.5. The van der Waals surface area contributed by atoms with Crippen LogP contribution in [-0.4, -0.2) is 15.0 Å². The maximum Gasteiger partial charge on any atom is 0.222 e. The van der Waals surface area contributed by atoms with E-state index in [1.165, 1.54) is 0 Å². The van der Waals surface area contributed by atoms with Gasteiger partial charge in [-0.1, -0.05) is 0 Å². The Morgan fingerprint density at radius 1 is 1.35 bits per heavy atom. The summed E-state index contributed by atoms with van der Waals surface area (Å²) < 4.78 is 0. The highest BCUT2D eigenvalue weighted by Gasteiger charge is 2.23. The normalized spacial score (nSPS) is 11.5. The van der Waals surface area contributed by atoms with Gasteiger partial charge in [-0.05, 0) is 20.8 Å². The average Bonchev–Trinajstić information content (AvgIpc) is 2.67. The molecule has 0 saturated carbocycles. The first-order valence-corrected chi connectivity index (χ1v) is 6.15. The minimum atomic E-state index is -0.276. The van der Waals surface area contributed by atoms with E-state index in [1.54, 1.807) is 17.5 Å². The molecule has 0 aliphatic rings. The lowest BCUT2D eigenvalue weighted by atomic mass is 10.1. The molecule has 2 aromatic heterocycles. The second kappa shape index (κ2) is 4.29. The van der Waals surface area contributed by atoms with Gasteiger partial charge in [0.1, 0.15) is 10.8 Å². The Morgan fingerprint density at radius 2 is 2.12 bits per heavy atom. The van der Waals surface area contributed by atoms with E-state index in [-0.39, 0.29) is 11.5 Å². The lowest BCUT2D eigenvalue weighted by Gasteiger charge is -2.24. The van der Waals surface area contributed by atoms with Crippen molar-refractivity contribution in [2.75, 3.05) is 11.1 Å². The molecule has 0 atom stereocenters. The molecular formula is C11H15N5S. The van der Waals surface area contributed by atoms with E-state index in [4.69, 9.17) is 5.73 Å². The van der Waals surface area contributed by atoms with Crippen molar-refractivity contribution in [3.8, 4) is 0 Å². The van der Waals surface area contributed by atoms with Crippen molar-refractivity contribution < 1.29 is 0 Å². The maximum absolute atomic E-state index is 5.62. The van der Waals surface area contributed by atoms with Crippen LogP contribution in [0.3, 0.4) is 0 Å². The van der Waals surface area contributed by atoms with Crippen LogP contribution in [0, 0.1) is 6.92 Å². The largest absolute Gasteiger partial charge is 0.368 e. The average molecular weight is 249 g/mol. The number of nitrogens with zero attached hydrogens (tertiary/aromatic N) is 3. The number of anilines is 2. The molecule has 0 aliphatic heterocycles. The third-order valence-electron chi connectivity index (χ3n) is 2.28. The van der Waals surface area contributed by atoms with Crippen LogP contribution in [0.25, 0.3) is 0 Å². The Kier molecular flexibility index (Phi) is 2.97. The summed E-state index contributed by atoms with van der Waals surface area (Å²) in [4.78, 5) is 12.5. The number of nitrogens with two attached hydrogens (primary N) is 1. The van der Waals surface area contributed by atoms with E-state index in [0.717, 1.165) is 16.5 Å². The van der Waals surface area contributed by atoms with Crippen LogP contribution in [-0.2, 0) is 5.54 Å². The predicted molar refractivity (Wildman–Crippen MR) is 69.9 cm³/mol. The Labute approximate surface area is 104 Å². The highest BCUT2D eigenvalue weighted by molar-refractivity contribution is 7.09. The van der Waals surface area contributed by atoms with Crippen LogP contribution in [0.5, 0.6) is 0 Å². The van der Waals surface area contributed by atoms with Gasteiger partial charge in [0.15, 0.2) is 0 Å². The van der Waals surface area contributed by atoms with Crippen LogP contribution in [0.15, 0.2) is 17.6 Å². The Balaban J connectivity index is 2.26. The van der Waals surface area contributed by atoms with E-state index in [0.29, 0.717) is 0 Å². The number of nitrogens with one attached hydrogen (secondary N) is 1. The first-order chi connectivity index (χ1) is 7.97. The fourth-order valence-electron chi connectivity index (χ4n) is 1.56. The molecule has 0 saturated heterocycles. The van der Waals surface area contributed by atoms with Crippen molar-refractivity contribution in [1.82, 2.24) is 15.0 Å². The van der Waals surface area contributed by atoms with Gasteiger partial charge >= 0.3 is 0 Å². The van der Waals surface area contributed by atoms with E-state index < -0.39 is 0 Å². The minimum absolute atomic E-state index is 0.276. The molecule has 0 spiro atoms. The third-order valence-corrected chi connectivity index (χ3v) is 3.38. The highest BCUT2D eigenvalue weighted by Crippen LogP contribution is 2.26. The van der Waals surface area contributed by atoms with Gasteiger partial charge in [0.2, 0.25) is 5.95 Å². The fraction of sp³-hybridized carbons (Fsp3) is 0.364. The van der Waals surface area contributed by atoms with Gasteiger partial charge in [-0.2, -0.15) is 4.98 Å². The Hall–Kier alpha value is -1.69. The first-order valence-electron chi connectivity index (χ1n) is 5.27. The summed E-state index contributed by atoms with van der Waals surface area (Å²) >= 11 is 1.61. The summed E-state index contributed by atoms with van der Waals surface area (Å²) in [7, 11) is 0. The Bertz CT molecular complexity index is 486. The standard InChI is InChI=1S/C11H15N5S/c1-7-6-8(15-10(12)14-7)16-11(2,3)9-13-4-5-17-9/h4-6H,1-3H3,(H3,12,14,15,16). The van der Waals surface area contributed by atoms with Gasteiger partial charge in [-0.15, -0.1) is 11.3 Å². The molecule has 0 amide bonds. The monoisotopic (exact) mass is 249 g/mol. The zero-order valence-corrected chi connectivity index (χ0v) is 10.9. The summed E-state index contributed by atoms with van der Waals surface area (Å²) in [6.45, 7) is 6.00. The van der Waals surface area contributed by atoms with Crippen molar-refractivity contribution >= 4 is 23.1 Å².